The number of anilines is 1. The molecule has 0 bridgehead atoms. The summed E-state index contributed by atoms with van der Waals surface area (Å²) in [6, 6.07) is 14.5. The molecule has 0 aliphatic heterocycles. The number of nitrogens with two attached hydrogens (primary N) is 1. The molecule has 0 saturated carbocycles. The van der Waals surface area contributed by atoms with Crippen LogP contribution in [0.15, 0.2) is 48.7 Å². The van der Waals surface area contributed by atoms with Crippen LogP contribution in [-0.4, -0.2) is 18.1 Å². The summed E-state index contributed by atoms with van der Waals surface area (Å²) in [6.07, 6.45) is 2.43. The zero-order chi connectivity index (χ0) is 14.8. The van der Waals surface area contributed by atoms with Gasteiger partial charge in [-0.25, -0.2) is 4.79 Å². The Hall–Kier alpha value is -2.75. The fraction of sp³-hybridized carbons (Fsp3) is 0.118. The number of benzene rings is 2. The summed E-state index contributed by atoms with van der Waals surface area (Å²) in [4.78, 5) is 14.4. The summed E-state index contributed by atoms with van der Waals surface area (Å²) in [5, 5.41) is 2.40. The zero-order valence-electron chi connectivity index (χ0n) is 11.7. The van der Waals surface area contributed by atoms with E-state index in [4.69, 9.17) is 5.73 Å². The lowest BCUT2D eigenvalue weighted by atomic mass is 10.0. The Morgan fingerprint density at radius 3 is 2.71 bits per heavy atom. The molecule has 0 radical (unpaired) electrons. The first-order valence-electron chi connectivity index (χ1n) is 6.71. The zero-order valence-corrected chi connectivity index (χ0v) is 11.7. The van der Waals surface area contributed by atoms with Crippen molar-refractivity contribution in [1.29, 1.82) is 0 Å². The maximum Gasteiger partial charge on any atom is 0.356 e. The number of nitrogen functional groups attached to an aromatic ring is 1. The molecule has 2 aromatic carbocycles. The number of esters is 1. The highest BCUT2D eigenvalue weighted by molar-refractivity contribution is 5.94. The summed E-state index contributed by atoms with van der Waals surface area (Å²) in [6.45, 7) is 0. The fourth-order valence-electron chi connectivity index (χ4n) is 2.46. The van der Waals surface area contributed by atoms with Crippen molar-refractivity contribution in [3.63, 3.8) is 0 Å². The van der Waals surface area contributed by atoms with E-state index in [0.29, 0.717) is 17.8 Å². The maximum absolute atomic E-state index is 11.5. The molecule has 0 aliphatic rings. The first kappa shape index (κ1) is 13.2. The van der Waals surface area contributed by atoms with Gasteiger partial charge in [-0.05, 0) is 21.9 Å². The molecule has 21 heavy (non-hydrogen) atoms. The number of rotatable bonds is 3. The molecular weight excluding hydrogens is 264 g/mol. The van der Waals surface area contributed by atoms with E-state index in [1.165, 1.54) is 17.9 Å². The average Bonchev–Trinajstić information content (AvgIpc) is 2.87. The molecule has 1 heterocycles. The van der Waals surface area contributed by atoms with Gasteiger partial charge in [-0.1, -0.05) is 42.5 Å². The Morgan fingerprint density at radius 1 is 1.19 bits per heavy atom. The lowest BCUT2D eigenvalue weighted by Crippen LogP contribution is -2.05. The van der Waals surface area contributed by atoms with Gasteiger partial charge in [0.25, 0.3) is 0 Å². The van der Waals surface area contributed by atoms with E-state index in [2.05, 4.69) is 40.1 Å². The van der Waals surface area contributed by atoms with Gasteiger partial charge in [0.1, 0.15) is 5.69 Å². The molecule has 0 unspecified atom stereocenters. The smallest absolute Gasteiger partial charge is 0.356 e. The number of nitrogens with one attached hydrogen (secondary N) is 1. The quantitative estimate of drug-likeness (QED) is 0.724. The van der Waals surface area contributed by atoms with Crippen molar-refractivity contribution in [2.24, 2.45) is 0 Å². The standard InChI is InChI=1S/C17H16N2O2/c1-21-17(20)16-15(18)14(10-19-16)9-11-6-7-12-4-2-3-5-13(12)8-11/h2-8,10,19H,9,18H2,1H3. The van der Waals surface area contributed by atoms with Gasteiger partial charge in [0, 0.05) is 12.6 Å². The molecule has 0 spiro atoms. The molecule has 0 aliphatic carbocycles. The second-order valence-corrected chi connectivity index (χ2v) is 4.95. The number of hydrogen-bond acceptors (Lipinski definition) is 3. The van der Waals surface area contributed by atoms with E-state index in [1.807, 2.05) is 12.1 Å². The van der Waals surface area contributed by atoms with E-state index in [0.717, 1.165) is 11.1 Å². The molecule has 0 saturated heterocycles. The van der Waals surface area contributed by atoms with Crippen LogP contribution in [0.1, 0.15) is 21.6 Å². The highest BCUT2D eigenvalue weighted by Gasteiger charge is 2.15. The summed E-state index contributed by atoms with van der Waals surface area (Å²) in [5.41, 5.74) is 8.82. The minimum atomic E-state index is -0.447. The van der Waals surface area contributed by atoms with Crippen LogP contribution in [0.3, 0.4) is 0 Å². The summed E-state index contributed by atoms with van der Waals surface area (Å²) >= 11 is 0. The topological polar surface area (TPSA) is 68.1 Å². The molecule has 4 heteroatoms. The van der Waals surface area contributed by atoms with Crippen molar-refractivity contribution in [3.05, 3.63) is 65.5 Å². The lowest BCUT2D eigenvalue weighted by Gasteiger charge is -2.04. The second kappa shape index (κ2) is 5.32. The van der Waals surface area contributed by atoms with Crippen LogP contribution in [0.25, 0.3) is 10.8 Å². The van der Waals surface area contributed by atoms with Gasteiger partial charge in [-0.3, -0.25) is 0 Å². The van der Waals surface area contributed by atoms with Crippen LogP contribution >= 0.6 is 0 Å². The lowest BCUT2D eigenvalue weighted by molar-refractivity contribution is 0.0596. The normalized spacial score (nSPS) is 10.7. The van der Waals surface area contributed by atoms with Crippen LogP contribution in [0.4, 0.5) is 5.69 Å². The average molecular weight is 280 g/mol. The third-order valence-corrected chi connectivity index (χ3v) is 3.60. The number of aromatic amines is 1. The van der Waals surface area contributed by atoms with Crippen molar-refractivity contribution in [1.82, 2.24) is 4.98 Å². The van der Waals surface area contributed by atoms with Crippen LogP contribution in [0, 0.1) is 0 Å². The van der Waals surface area contributed by atoms with E-state index in [9.17, 15) is 4.79 Å². The summed E-state index contributed by atoms with van der Waals surface area (Å²) in [5.74, 6) is -0.447. The van der Waals surface area contributed by atoms with Crippen LogP contribution in [-0.2, 0) is 11.2 Å². The molecular formula is C17H16N2O2. The minimum absolute atomic E-state index is 0.313. The fourth-order valence-corrected chi connectivity index (χ4v) is 2.46. The van der Waals surface area contributed by atoms with Crippen molar-refractivity contribution in [2.45, 2.75) is 6.42 Å². The number of carbonyl (C=O) groups excluding carboxylic acids is 1. The highest BCUT2D eigenvalue weighted by atomic mass is 16.5. The number of fused-ring (bicyclic) bond motifs is 1. The monoisotopic (exact) mass is 280 g/mol. The number of hydrogen-bond donors (Lipinski definition) is 2. The predicted octanol–water partition coefficient (Wildman–Crippen LogP) is 3.13. The molecule has 3 aromatic rings. The van der Waals surface area contributed by atoms with Crippen LogP contribution in [0.2, 0.25) is 0 Å². The van der Waals surface area contributed by atoms with E-state index < -0.39 is 5.97 Å². The summed E-state index contributed by atoms with van der Waals surface area (Å²) < 4.78 is 4.69. The van der Waals surface area contributed by atoms with Crippen LogP contribution in [0.5, 0.6) is 0 Å². The van der Waals surface area contributed by atoms with Crippen LogP contribution < -0.4 is 5.73 Å². The SMILES string of the molecule is COC(=O)c1[nH]cc(Cc2ccc3ccccc3c2)c1N. The molecule has 3 N–H and O–H groups in total. The molecule has 0 amide bonds. The largest absolute Gasteiger partial charge is 0.464 e. The van der Waals surface area contributed by atoms with Gasteiger partial charge in [0.2, 0.25) is 0 Å². The van der Waals surface area contributed by atoms with Gasteiger partial charge in [-0.15, -0.1) is 0 Å². The van der Waals surface area contributed by atoms with E-state index in [1.54, 1.807) is 6.20 Å². The third-order valence-electron chi connectivity index (χ3n) is 3.60. The molecule has 0 atom stereocenters. The van der Waals surface area contributed by atoms with Gasteiger partial charge in [0.15, 0.2) is 0 Å². The van der Waals surface area contributed by atoms with Gasteiger partial charge < -0.3 is 15.5 Å². The first-order valence-corrected chi connectivity index (χ1v) is 6.71. The Kier molecular flexibility index (Phi) is 3.36. The third kappa shape index (κ3) is 2.48. The van der Waals surface area contributed by atoms with E-state index >= 15 is 0 Å². The summed E-state index contributed by atoms with van der Waals surface area (Å²) in [7, 11) is 1.34. The van der Waals surface area contributed by atoms with Gasteiger partial charge in [0.05, 0.1) is 12.8 Å². The Balaban J connectivity index is 1.91. The van der Waals surface area contributed by atoms with E-state index in [-0.39, 0.29) is 0 Å². The Labute approximate surface area is 122 Å². The van der Waals surface area contributed by atoms with Crippen molar-refractivity contribution in [3.8, 4) is 0 Å². The Morgan fingerprint density at radius 2 is 1.95 bits per heavy atom. The first-order chi connectivity index (χ1) is 10.2. The highest BCUT2D eigenvalue weighted by Crippen LogP contribution is 2.23. The van der Waals surface area contributed by atoms with Crippen molar-refractivity contribution < 1.29 is 9.53 Å². The molecule has 106 valence electrons. The predicted molar refractivity (Wildman–Crippen MR) is 83.3 cm³/mol. The number of carbonyl (C=O) groups is 1. The van der Waals surface area contributed by atoms with Gasteiger partial charge >= 0.3 is 5.97 Å². The second-order valence-electron chi connectivity index (χ2n) is 4.95. The number of H-pyrrole nitrogens is 1. The number of ether oxygens (including phenoxy) is 1. The minimum Gasteiger partial charge on any atom is -0.464 e. The molecule has 3 rings (SSSR count). The molecule has 1 aromatic heterocycles. The number of aromatic nitrogens is 1. The van der Waals surface area contributed by atoms with Crippen molar-refractivity contribution >= 4 is 22.4 Å². The molecule has 0 fully saturated rings. The Bertz CT molecular complexity index is 805. The maximum atomic E-state index is 11.5. The molecule has 4 nitrogen and oxygen atoms in total. The number of methoxy groups -OCH3 is 1. The van der Waals surface area contributed by atoms with Crippen molar-refractivity contribution in [2.75, 3.05) is 12.8 Å². The van der Waals surface area contributed by atoms with Gasteiger partial charge in [-0.2, -0.15) is 0 Å².